The predicted octanol–water partition coefficient (Wildman–Crippen LogP) is 3.40. The zero-order chi connectivity index (χ0) is 15.4. The highest BCUT2D eigenvalue weighted by atomic mass is 35.5. The number of halogens is 2. The minimum Gasteiger partial charge on any atom is -0.432 e. The lowest BCUT2D eigenvalue weighted by Gasteiger charge is -2.09. The number of nitrogens with zero attached hydrogens (tertiary/aromatic N) is 3. The van der Waals surface area contributed by atoms with E-state index in [0.29, 0.717) is 6.54 Å². The number of benzene rings is 1. The second-order valence-corrected chi connectivity index (χ2v) is 4.25. The van der Waals surface area contributed by atoms with E-state index in [0.717, 1.165) is 18.5 Å². The third-order valence-corrected chi connectivity index (χ3v) is 2.71. The lowest BCUT2D eigenvalue weighted by atomic mass is 10.3. The molecule has 0 unspecified atom stereocenters. The second kappa shape index (κ2) is 6.31. The summed E-state index contributed by atoms with van der Waals surface area (Å²) in [6, 6.07) is 3.42. The first kappa shape index (κ1) is 14.9. The summed E-state index contributed by atoms with van der Waals surface area (Å²) in [7, 11) is 0. The van der Waals surface area contributed by atoms with Crippen LogP contribution < -0.4 is 10.1 Å². The molecule has 0 fully saturated rings. The van der Waals surface area contributed by atoms with Crippen LogP contribution in [0, 0.1) is 15.9 Å². The van der Waals surface area contributed by atoms with Crippen molar-refractivity contribution in [2.45, 2.75) is 6.92 Å². The number of nitrogens with one attached hydrogen (secondary N) is 1. The molecule has 0 aliphatic carbocycles. The summed E-state index contributed by atoms with van der Waals surface area (Å²) in [6.45, 7) is 2.21. The molecule has 2 rings (SSSR count). The molecule has 0 amide bonds. The molecule has 2 aromatic rings. The molecule has 0 aliphatic rings. The molecule has 0 bridgehead atoms. The molecule has 0 aliphatic heterocycles. The van der Waals surface area contributed by atoms with E-state index in [2.05, 4.69) is 15.3 Å². The zero-order valence-corrected chi connectivity index (χ0v) is 11.6. The average Bonchev–Trinajstić information content (AvgIpc) is 2.42. The number of nitro groups is 1. The molecule has 0 atom stereocenters. The SMILES string of the molecule is CCNc1ncnc(Oc2ccc(F)cc2Cl)c1[N+](=O)[O-]. The van der Waals surface area contributed by atoms with E-state index in [-0.39, 0.29) is 22.5 Å². The highest BCUT2D eigenvalue weighted by Crippen LogP contribution is 2.36. The van der Waals surface area contributed by atoms with Gasteiger partial charge >= 0.3 is 11.6 Å². The second-order valence-electron chi connectivity index (χ2n) is 3.84. The molecule has 110 valence electrons. The van der Waals surface area contributed by atoms with Crippen molar-refractivity contribution in [2.24, 2.45) is 0 Å². The van der Waals surface area contributed by atoms with Crippen LogP contribution in [0.15, 0.2) is 24.5 Å². The third-order valence-electron chi connectivity index (χ3n) is 2.42. The van der Waals surface area contributed by atoms with Crippen LogP contribution >= 0.6 is 11.6 Å². The van der Waals surface area contributed by atoms with Crippen molar-refractivity contribution >= 4 is 23.1 Å². The molecule has 1 heterocycles. The molecule has 0 spiro atoms. The molecular weight excluding hydrogens is 303 g/mol. The van der Waals surface area contributed by atoms with Crippen LogP contribution in [-0.4, -0.2) is 21.4 Å². The van der Waals surface area contributed by atoms with Crippen LogP contribution in [0.4, 0.5) is 15.9 Å². The lowest BCUT2D eigenvalue weighted by molar-refractivity contribution is -0.385. The fraction of sp³-hybridized carbons (Fsp3) is 0.167. The van der Waals surface area contributed by atoms with Gasteiger partial charge in [-0.1, -0.05) is 11.6 Å². The van der Waals surface area contributed by atoms with Crippen molar-refractivity contribution in [2.75, 3.05) is 11.9 Å². The van der Waals surface area contributed by atoms with Crippen molar-refractivity contribution in [1.29, 1.82) is 0 Å². The van der Waals surface area contributed by atoms with Crippen LogP contribution in [-0.2, 0) is 0 Å². The first-order chi connectivity index (χ1) is 10.0. The van der Waals surface area contributed by atoms with Crippen molar-refractivity contribution in [3.8, 4) is 11.6 Å². The number of ether oxygens (including phenoxy) is 1. The molecule has 0 saturated carbocycles. The van der Waals surface area contributed by atoms with Crippen molar-refractivity contribution in [1.82, 2.24) is 9.97 Å². The fourth-order valence-electron chi connectivity index (χ4n) is 1.56. The van der Waals surface area contributed by atoms with Gasteiger partial charge in [-0.05, 0) is 25.1 Å². The number of hydrogen-bond donors (Lipinski definition) is 1. The Kier molecular flexibility index (Phi) is 4.49. The van der Waals surface area contributed by atoms with E-state index in [4.69, 9.17) is 16.3 Å². The molecule has 1 aromatic carbocycles. The molecule has 21 heavy (non-hydrogen) atoms. The van der Waals surface area contributed by atoms with Crippen LogP contribution in [0.3, 0.4) is 0 Å². The Morgan fingerprint density at radius 2 is 2.24 bits per heavy atom. The van der Waals surface area contributed by atoms with Crippen LogP contribution in [0.1, 0.15) is 6.92 Å². The van der Waals surface area contributed by atoms with Gasteiger partial charge in [0, 0.05) is 6.54 Å². The predicted molar refractivity (Wildman–Crippen MR) is 74.3 cm³/mol. The Bertz CT molecular complexity index is 684. The van der Waals surface area contributed by atoms with Gasteiger partial charge in [0.05, 0.1) is 9.95 Å². The van der Waals surface area contributed by atoms with Crippen LogP contribution in [0.2, 0.25) is 5.02 Å². The van der Waals surface area contributed by atoms with E-state index in [1.54, 1.807) is 6.92 Å². The first-order valence-corrected chi connectivity index (χ1v) is 6.27. The van der Waals surface area contributed by atoms with Gasteiger partial charge in [-0.25, -0.2) is 9.37 Å². The highest BCUT2D eigenvalue weighted by molar-refractivity contribution is 6.32. The van der Waals surface area contributed by atoms with Gasteiger partial charge in [-0.2, -0.15) is 4.98 Å². The third kappa shape index (κ3) is 3.34. The summed E-state index contributed by atoms with van der Waals surface area (Å²) < 4.78 is 18.3. The van der Waals surface area contributed by atoms with E-state index in [1.165, 1.54) is 6.07 Å². The zero-order valence-electron chi connectivity index (χ0n) is 10.8. The average molecular weight is 313 g/mol. The van der Waals surface area contributed by atoms with Gasteiger partial charge in [0.15, 0.2) is 0 Å². The summed E-state index contributed by atoms with van der Waals surface area (Å²) in [5, 5.41) is 13.9. The van der Waals surface area contributed by atoms with E-state index < -0.39 is 16.4 Å². The minimum absolute atomic E-state index is 0.0205. The largest absolute Gasteiger partial charge is 0.432 e. The molecule has 9 heteroatoms. The standard InChI is InChI=1S/C12H10ClFN4O3/c1-2-15-11-10(18(19)20)12(17-6-16-11)21-9-4-3-7(14)5-8(9)13/h3-6H,2H2,1H3,(H,15,16,17). The molecule has 1 aromatic heterocycles. The van der Waals surface area contributed by atoms with Crippen LogP contribution in [0.25, 0.3) is 0 Å². The van der Waals surface area contributed by atoms with E-state index in [9.17, 15) is 14.5 Å². The Balaban J connectivity index is 2.43. The minimum atomic E-state index is -0.662. The maximum atomic E-state index is 13.0. The summed E-state index contributed by atoms with van der Waals surface area (Å²) in [5.74, 6) is -0.731. The lowest BCUT2D eigenvalue weighted by Crippen LogP contribution is -2.06. The fourth-order valence-corrected chi connectivity index (χ4v) is 1.77. The van der Waals surface area contributed by atoms with Gasteiger partial charge in [-0.3, -0.25) is 10.1 Å². The van der Waals surface area contributed by atoms with E-state index in [1.807, 2.05) is 0 Å². The first-order valence-electron chi connectivity index (χ1n) is 5.89. The summed E-state index contributed by atoms with van der Waals surface area (Å²) in [4.78, 5) is 18.0. The molecule has 0 saturated heterocycles. The number of rotatable bonds is 5. The Hall–Kier alpha value is -2.48. The molecule has 1 N–H and O–H groups in total. The van der Waals surface area contributed by atoms with Crippen LogP contribution in [0.5, 0.6) is 11.6 Å². The molecular formula is C12H10ClFN4O3. The Morgan fingerprint density at radius 3 is 2.86 bits per heavy atom. The van der Waals surface area contributed by atoms with Crippen molar-refractivity contribution in [3.63, 3.8) is 0 Å². The molecule has 7 nitrogen and oxygen atoms in total. The highest BCUT2D eigenvalue weighted by Gasteiger charge is 2.25. The van der Waals surface area contributed by atoms with Crippen molar-refractivity contribution < 1.29 is 14.1 Å². The summed E-state index contributed by atoms with van der Waals surface area (Å²) >= 11 is 5.82. The maximum absolute atomic E-state index is 13.0. The van der Waals surface area contributed by atoms with Crippen molar-refractivity contribution in [3.05, 3.63) is 45.5 Å². The normalized spacial score (nSPS) is 10.2. The van der Waals surface area contributed by atoms with Gasteiger partial charge < -0.3 is 10.1 Å². The topological polar surface area (TPSA) is 90.2 Å². The number of hydrogen-bond acceptors (Lipinski definition) is 6. The van der Waals surface area contributed by atoms with E-state index >= 15 is 0 Å². The molecule has 0 radical (unpaired) electrons. The Labute approximate surface area is 123 Å². The van der Waals surface area contributed by atoms with Gasteiger partial charge in [0.1, 0.15) is 17.9 Å². The smallest absolute Gasteiger partial charge is 0.373 e. The summed E-state index contributed by atoms with van der Waals surface area (Å²) in [6.07, 6.45) is 1.12. The van der Waals surface area contributed by atoms with Gasteiger partial charge in [0.25, 0.3) is 0 Å². The monoisotopic (exact) mass is 312 g/mol. The number of aromatic nitrogens is 2. The van der Waals surface area contributed by atoms with Gasteiger partial charge in [0.2, 0.25) is 5.82 Å². The quantitative estimate of drug-likeness (QED) is 0.672. The Morgan fingerprint density at radius 1 is 1.48 bits per heavy atom. The summed E-state index contributed by atoms with van der Waals surface area (Å²) in [5.41, 5.74) is -0.417. The maximum Gasteiger partial charge on any atom is 0.373 e. The van der Waals surface area contributed by atoms with Gasteiger partial charge in [-0.15, -0.1) is 0 Å². The number of anilines is 1.